The zero-order valence-electron chi connectivity index (χ0n) is 3.64. The molecule has 0 aliphatic heterocycles. The zero-order valence-corrected chi connectivity index (χ0v) is 7.58. The van der Waals surface area contributed by atoms with Gasteiger partial charge in [-0.1, -0.05) is 0 Å². The van der Waals surface area contributed by atoms with Gasteiger partial charge < -0.3 is 0 Å². The molecule has 0 N–H and O–H groups in total. The summed E-state index contributed by atoms with van der Waals surface area (Å²) >= 11 is 2.77. The van der Waals surface area contributed by atoms with Gasteiger partial charge in [-0.15, -0.1) is 0 Å². The van der Waals surface area contributed by atoms with Gasteiger partial charge in [-0.25, -0.2) is 0 Å². The second kappa shape index (κ2) is 2.60. The molecule has 0 aliphatic carbocycles. The van der Waals surface area contributed by atoms with Crippen LogP contribution in [0.25, 0.3) is 0 Å². The fourth-order valence-corrected chi connectivity index (χ4v) is 1.83. The van der Waals surface area contributed by atoms with E-state index in [1.54, 1.807) is -1.03 Å². The Morgan fingerprint density at radius 3 is 2.67 bits per heavy atom. The molecule has 0 saturated heterocycles. The van der Waals surface area contributed by atoms with E-state index in [2.05, 4.69) is 17.5 Å². The van der Waals surface area contributed by atoms with Crippen LogP contribution in [0.3, 0.4) is 0 Å². The molecule has 0 atom stereocenters. The second-order valence-corrected chi connectivity index (χ2v) is 5.19. The van der Waals surface area contributed by atoms with E-state index in [1.165, 1.54) is 0 Å². The van der Waals surface area contributed by atoms with E-state index in [0.717, 1.165) is 49.0 Å². The molecule has 0 fully saturated rings. The van der Waals surface area contributed by atoms with Gasteiger partial charge >= 0.3 is 76.8 Å². The summed E-state index contributed by atoms with van der Waals surface area (Å²) in [5.74, 6) is 0. The van der Waals surface area contributed by atoms with Crippen molar-refractivity contribution >= 4 is 59.3 Å². The Labute approximate surface area is 75.2 Å². The number of rotatable bonds is 0. The molecular weight excluding hydrogens is 119 g/mol. The molecule has 0 nitrogen and oxygen atoms in total. The first-order chi connectivity index (χ1) is 2.89. The van der Waals surface area contributed by atoms with Crippen molar-refractivity contribution in [1.82, 2.24) is 0 Å². The minimum absolute atomic E-state index is 0.904. The summed E-state index contributed by atoms with van der Waals surface area (Å²) in [6.07, 6.45) is 0. The number of hydrogen-bond donors (Lipinski definition) is 0. The number of thiophene rings is 1. The average molecular weight is 122 g/mol. The summed E-state index contributed by atoms with van der Waals surface area (Å²) in [6.45, 7) is 0. The summed E-state index contributed by atoms with van der Waals surface area (Å²) in [7, 11) is 0. The maximum atomic E-state index is 2.19. The maximum absolute atomic E-state index is 2.19. The number of hydrogen-bond acceptors (Lipinski definition) is 1. The Bertz CT molecular complexity index is 111. The molecule has 0 amide bonds. The fraction of sp³-hybridized carbons (Fsp3) is 0. The van der Waals surface area contributed by atoms with Crippen LogP contribution < -0.4 is -1.03 Å². The van der Waals surface area contributed by atoms with Crippen molar-refractivity contribution in [3.63, 3.8) is 0 Å². The molecule has 0 radical (unpaired) electrons. The van der Waals surface area contributed by atoms with Gasteiger partial charge in [-0.2, -0.15) is 0 Å². The van der Waals surface area contributed by atoms with Crippen molar-refractivity contribution in [3.8, 4) is 0 Å². The third-order valence-corrected chi connectivity index (χ3v) is 3.09. The predicted molar refractivity (Wildman–Crippen MR) is 29.7 cm³/mol. The van der Waals surface area contributed by atoms with Crippen molar-refractivity contribution in [3.05, 3.63) is 17.5 Å². The monoisotopic (exact) mass is 122 g/mol. The topological polar surface area (TPSA) is 0 Å². The molecule has 0 aromatic carbocycles. The van der Waals surface area contributed by atoms with Gasteiger partial charge in [0, 0.05) is 0 Å². The standard InChI is InChI=1S/C4H3S.K/c1-2-4-5-3-1;/h1-3H;. The van der Waals surface area contributed by atoms with Crippen LogP contribution in [0.4, 0.5) is 0 Å². The van der Waals surface area contributed by atoms with Crippen molar-refractivity contribution in [2.45, 2.75) is 0 Å². The SMILES string of the molecule is [K][c]1cccs1. The van der Waals surface area contributed by atoms with E-state index in [4.69, 9.17) is 0 Å². The van der Waals surface area contributed by atoms with Gasteiger partial charge in [0.25, 0.3) is 0 Å². The van der Waals surface area contributed by atoms with Crippen molar-refractivity contribution in [2.24, 2.45) is 0 Å². The van der Waals surface area contributed by atoms with Gasteiger partial charge in [0.05, 0.1) is 0 Å². The van der Waals surface area contributed by atoms with E-state index >= 15 is 0 Å². The quantitative estimate of drug-likeness (QED) is 0.441. The first kappa shape index (κ1) is 5.47. The Balaban J connectivity index is 3.05. The summed E-state index contributed by atoms with van der Waals surface area (Å²) in [5.41, 5.74) is 0. The van der Waals surface area contributed by atoms with E-state index in [9.17, 15) is 0 Å². The van der Waals surface area contributed by atoms with E-state index in [0.29, 0.717) is 0 Å². The molecule has 0 spiro atoms. The van der Waals surface area contributed by atoms with Crippen molar-refractivity contribution < 1.29 is 0 Å². The Kier molecular flexibility index (Phi) is 2.37. The Hall–Kier alpha value is 1.34. The zero-order chi connectivity index (χ0) is 4.41. The summed E-state index contributed by atoms with van der Waals surface area (Å²) < 4.78 is 1.57. The molecule has 6 heavy (non-hydrogen) atoms. The summed E-state index contributed by atoms with van der Waals surface area (Å²) in [6, 6.07) is 4.29. The van der Waals surface area contributed by atoms with Crippen LogP contribution >= 0.6 is 11.3 Å². The third-order valence-electron chi connectivity index (χ3n) is 0.663. The molecule has 0 unspecified atom stereocenters. The van der Waals surface area contributed by atoms with Crippen LogP contribution in [-0.4, -0.2) is 49.0 Å². The molecule has 1 aromatic heterocycles. The summed E-state index contributed by atoms with van der Waals surface area (Å²) in [5, 5.41) is 2.13. The van der Waals surface area contributed by atoms with Crippen molar-refractivity contribution in [1.29, 1.82) is 0 Å². The van der Waals surface area contributed by atoms with E-state index in [-0.39, 0.29) is 0 Å². The molecule has 0 aliphatic rings. The van der Waals surface area contributed by atoms with E-state index < -0.39 is 0 Å². The van der Waals surface area contributed by atoms with Crippen LogP contribution in [0, 0.1) is 0 Å². The molecule has 1 aromatic rings. The predicted octanol–water partition coefficient (Wildman–Crippen LogP) is 0.542. The van der Waals surface area contributed by atoms with Crippen LogP contribution in [-0.2, 0) is 0 Å². The molecule has 0 bridgehead atoms. The van der Waals surface area contributed by atoms with Gasteiger partial charge in [0.15, 0.2) is 0 Å². The molecule has 26 valence electrons. The molecule has 1 rings (SSSR count). The van der Waals surface area contributed by atoms with Crippen LogP contribution in [0.15, 0.2) is 17.5 Å². The van der Waals surface area contributed by atoms with Crippen LogP contribution in [0.1, 0.15) is 0 Å². The Morgan fingerprint density at radius 1 is 1.67 bits per heavy atom. The van der Waals surface area contributed by atoms with E-state index in [1.807, 2.05) is 11.3 Å². The van der Waals surface area contributed by atoms with Gasteiger partial charge in [0.1, 0.15) is 0 Å². The molecular formula is C4H3KS. The first-order valence-electron chi connectivity index (χ1n) is 1.90. The Morgan fingerprint density at radius 2 is 2.50 bits per heavy atom. The van der Waals surface area contributed by atoms with Gasteiger partial charge in [0.2, 0.25) is 0 Å². The molecule has 0 saturated carbocycles. The second-order valence-electron chi connectivity index (χ2n) is 1.22. The first-order valence-corrected chi connectivity index (χ1v) is 4.34. The molecule has 1 heterocycles. The van der Waals surface area contributed by atoms with Gasteiger partial charge in [-0.3, -0.25) is 0 Å². The average Bonchev–Trinajstić information content (AvgIpc) is 1.86. The van der Waals surface area contributed by atoms with Crippen LogP contribution in [0.2, 0.25) is 0 Å². The minimum atomic E-state index is 0.904. The normalized spacial score (nSPS) is 9.00. The molecule has 2 heteroatoms. The van der Waals surface area contributed by atoms with Crippen molar-refractivity contribution in [2.75, 3.05) is 0 Å². The summed E-state index contributed by atoms with van der Waals surface area (Å²) in [4.78, 5) is 0. The van der Waals surface area contributed by atoms with Gasteiger partial charge in [-0.05, 0) is 0 Å². The fourth-order valence-electron chi connectivity index (χ4n) is 0.361. The third kappa shape index (κ3) is 1.44. The van der Waals surface area contributed by atoms with Crippen LogP contribution in [0.5, 0.6) is 0 Å².